The highest BCUT2D eigenvalue weighted by atomic mass is 32.2. The number of sulfone groups is 1. The number of amides is 1. The number of hydrogen-bond acceptors (Lipinski definition) is 3. The smallest absolute Gasteiger partial charge is 0.224 e. The molecule has 98 valence electrons. The second kappa shape index (κ2) is 5.38. The molecule has 1 aliphatic carbocycles. The van der Waals surface area contributed by atoms with Crippen LogP contribution < -0.4 is 5.32 Å². The fourth-order valence-corrected chi connectivity index (χ4v) is 4.49. The summed E-state index contributed by atoms with van der Waals surface area (Å²) in [5.74, 6) is -0.123. The zero-order chi connectivity index (χ0) is 12.3. The summed E-state index contributed by atoms with van der Waals surface area (Å²) >= 11 is 0. The Bertz CT molecular complexity index is 369. The van der Waals surface area contributed by atoms with Gasteiger partial charge in [-0.2, -0.15) is 0 Å². The van der Waals surface area contributed by atoms with Gasteiger partial charge >= 0.3 is 0 Å². The third-order valence-corrected chi connectivity index (χ3v) is 5.57. The highest BCUT2D eigenvalue weighted by Gasteiger charge is 2.33. The van der Waals surface area contributed by atoms with E-state index in [1.807, 2.05) is 0 Å². The van der Waals surface area contributed by atoms with Crippen molar-refractivity contribution in [1.82, 2.24) is 5.32 Å². The average Bonchev–Trinajstić information content (AvgIpc) is 2.50. The molecule has 2 fully saturated rings. The fourth-order valence-electron chi connectivity index (χ4n) is 2.74. The van der Waals surface area contributed by atoms with E-state index in [1.165, 1.54) is 25.7 Å². The van der Waals surface area contributed by atoms with Crippen LogP contribution in [0.3, 0.4) is 0 Å². The molecular weight excluding hydrogens is 238 g/mol. The van der Waals surface area contributed by atoms with Crippen LogP contribution in [0.1, 0.15) is 44.9 Å². The number of carbonyl (C=O) groups is 1. The summed E-state index contributed by atoms with van der Waals surface area (Å²) in [5.41, 5.74) is 0. The van der Waals surface area contributed by atoms with Crippen molar-refractivity contribution in [2.75, 3.05) is 11.5 Å². The molecule has 17 heavy (non-hydrogen) atoms. The van der Waals surface area contributed by atoms with Crippen LogP contribution in [0.4, 0.5) is 0 Å². The van der Waals surface area contributed by atoms with Crippen molar-refractivity contribution in [1.29, 1.82) is 0 Å². The van der Waals surface area contributed by atoms with Crippen molar-refractivity contribution in [3.8, 4) is 0 Å². The van der Waals surface area contributed by atoms with E-state index >= 15 is 0 Å². The standard InChI is InChI=1S/C12H21NO3S/c14-12(10-7-8-17(15,16)9-10)13-11-5-3-1-2-4-6-11/h10-11H,1-9H2,(H,13,14)/t10-/m0/s1. The minimum atomic E-state index is -2.95. The van der Waals surface area contributed by atoms with Gasteiger partial charge in [0.15, 0.2) is 9.84 Å². The summed E-state index contributed by atoms with van der Waals surface area (Å²) in [7, 11) is -2.95. The fraction of sp³-hybridized carbons (Fsp3) is 0.917. The molecule has 1 amide bonds. The van der Waals surface area contributed by atoms with Crippen molar-refractivity contribution in [3.05, 3.63) is 0 Å². The Balaban J connectivity index is 1.84. The summed E-state index contributed by atoms with van der Waals surface area (Å²) < 4.78 is 22.6. The van der Waals surface area contributed by atoms with Crippen molar-refractivity contribution in [3.63, 3.8) is 0 Å². The van der Waals surface area contributed by atoms with Crippen molar-refractivity contribution in [2.45, 2.75) is 51.0 Å². The number of nitrogens with one attached hydrogen (secondary N) is 1. The maximum absolute atomic E-state index is 11.9. The Labute approximate surface area is 103 Å². The molecule has 0 bridgehead atoms. The Morgan fingerprint density at radius 2 is 1.65 bits per heavy atom. The molecular formula is C12H21NO3S. The minimum absolute atomic E-state index is 0.0435. The van der Waals surface area contributed by atoms with E-state index in [0.717, 1.165) is 12.8 Å². The van der Waals surface area contributed by atoms with E-state index in [-0.39, 0.29) is 29.4 Å². The van der Waals surface area contributed by atoms with Gasteiger partial charge in [-0.1, -0.05) is 25.7 Å². The minimum Gasteiger partial charge on any atom is -0.353 e. The quantitative estimate of drug-likeness (QED) is 0.759. The zero-order valence-electron chi connectivity index (χ0n) is 10.2. The molecule has 0 aromatic heterocycles. The van der Waals surface area contributed by atoms with Gasteiger partial charge in [0.1, 0.15) is 0 Å². The molecule has 0 aromatic rings. The van der Waals surface area contributed by atoms with Crippen LogP contribution in [0.5, 0.6) is 0 Å². The van der Waals surface area contributed by atoms with Crippen LogP contribution in [0.2, 0.25) is 0 Å². The molecule has 0 radical (unpaired) electrons. The van der Waals surface area contributed by atoms with Gasteiger partial charge in [-0.05, 0) is 19.3 Å². The first-order chi connectivity index (χ1) is 8.07. The van der Waals surface area contributed by atoms with E-state index in [4.69, 9.17) is 0 Å². The van der Waals surface area contributed by atoms with Crippen molar-refractivity contribution >= 4 is 15.7 Å². The molecule has 1 N–H and O–H groups in total. The molecule has 1 heterocycles. The highest BCUT2D eigenvalue weighted by Crippen LogP contribution is 2.21. The summed E-state index contributed by atoms with van der Waals surface area (Å²) in [4.78, 5) is 11.9. The molecule has 1 saturated heterocycles. The van der Waals surface area contributed by atoms with E-state index in [0.29, 0.717) is 6.42 Å². The van der Waals surface area contributed by atoms with Gasteiger partial charge < -0.3 is 5.32 Å². The molecule has 0 spiro atoms. The second-order valence-electron chi connectivity index (χ2n) is 5.30. The summed E-state index contributed by atoms with van der Waals surface area (Å²) in [6.45, 7) is 0. The third kappa shape index (κ3) is 3.69. The first kappa shape index (κ1) is 12.9. The Kier molecular flexibility index (Phi) is 4.07. The lowest BCUT2D eigenvalue weighted by Gasteiger charge is -2.18. The second-order valence-corrected chi connectivity index (χ2v) is 7.53. The Hall–Kier alpha value is -0.580. The van der Waals surface area contributed by atoms with E-state index in [1.54, 1.807) is 0 Å². The Morgan fingerprint density at radius 1 is 1.00 bits per heavy atom. The maximum atomic E-state index is 11.9. The van der Waals surface area contributed by atoms with Crippen LogP contribution in [-0.4, -0.2) is 31.9 Å². The van der Waals surface area contributed by atoms with Crippen LogP contribution >= 0.6 is 0 Å². The maximum Gasteiger partial charge on any atom is 0.224 e. The molecule has 0 aromatic carbocycles. The Morgan fingerprint density at radius 3 is 2.18 bits per heavy atom. The van der Waals surface area contributed by atoms with Gasteiger partial charge in [-0.25, -0.2) is 8.42 Å². The first-order valence-electron chi connectivity index (χ1n) is 6.58. The predicted molar refractivity (Wildman–Crippen MR) is 66.4 cm³/mol. The number of hydrogen-bond donors (Lipinski definition) is 1. The first-order valence-corrected chi connectivity index (χ1v) is 8.40. The molecule has 1 aliphatic heterocycles. The summed E-state index contributed by atoms with van der Waals surface area (Å²) in [6.07, 6.45) is 7.45. The van der Waals surface area contributed by atoms with E-state index in [2.05, 4.69) is 5.32 Å². The zero-order valence-corrected chi connectivity index (χ0v) is 11.0. The van der Waals surface area contributed by atoms with Crippen LogP contribution in [0.15, 0.2) is 0 Å². The third-order valence-electron chi connectivity index (χ3n) is 3.80. The van der Waals surface area contributed by atoms with Gasteiger partial charge in [0.2, 0.25) is 5.91 Å². The molecule has 0 unspecified atom stereocenters. The van der Waals surface area contributed by atoms with Gasteiger partial charge in [0.25, 0.3) is 0 Å². The lowest BCUT2D eigenvalue weighted by Crippen LogP contribution is -2.39. The predicted octanol–water partition coefficient (Wildman–Crippen LogP) is 1.26. The van der Waals surface area contributed by atoms with Gasteiger partial charge in [0, 0.05) is 6.04 Å². The monoisotopic (exact) mass is 259 g/mol. The number of rotatable bonds is 2. The van der Waals surface area contributed by atoms with Gasteiger partial charge in [-0.15, -0.1) is 0 Å². The number of carbonyl (C=O) groups excluding carboxylic acids is 1. The van der Waals surface area contributed by atoms with Gasteiger partial charge in [0.05, 0.1) is 17.4 Å². The van der Waals surface area contributed by atoms with Crippen molar-refractivity contribution in [2.24, 2.45) is 5.92 Å². The van der Waals surface area contributed by atoms with Crippen LogP contribution in [0.25, 0.3) is 0 Å². The molecule has 5 heteroatoms. The molecule has 1 atom stereocenters. The SMILES string of the molecule is O=C(NC1CCCCCC1)[C@H]1CCS(=O)(=O)C1. The molecule has 2 rings (SSSR count). The van der Waals surface area contributed by atoms with Crippen LogP contribution in [-0.2, 0) is 14.6 Å². The largest absolute Gasteiger partial charge is 0.353 e. The lowest BCUT2D eigenvalue weighted by molar-refractivity contribution is -0.125. The topological polar surface area (TPSA) is 63.2 Å². The van der Waals surface area contributed by atoms with E-state index in [9.17, 15) is 13.2 Å². The molecule has 1 saturated carbocycles. The normalized spacial score (nSPS) is 29.8. The molecule has 2 aliphatic rings. The summed E-state index contributed by atoms with van der Waals surface area (Å²) in [5, 5.41) is 3.04. The lowest BCUT2D eigenvalue weighted by atomic mass is 10.1. The van der Waals surface area contributed by atoms with Crippen LogP contribution in [0, 0.1) is 5.92 Å². The van der Waals surface area contributed by atoms with Crippen molar-refractivity contribution < 1.29 is 13.2 Å². The van der Waals surface area contributed by atoms with Gasteiger partial charge in [-0.3, -0.25) is 4.79 Å². The van der Waals surface area contributed by atoms with E-state index < -0.39 is 9.84 Å². The summed E-state index contributed by atoms with van der Waals surface area (Å²) in [6, 6.07) is 0.272. The molecule has 4 nitrogen and oxygen atoms in total. The average molecular weight is 259 g/mol. The highest BCUT2D eigenvalue weighted by molar-refractivity contribution is 7.91.